The van der Waals surface area contributed by atoms with Crippen molar-refractivity contribution in [3.05, 3.63) is 52.6 Å². The van der Waals surface area contributed by atoms with Gasteiger partial charge in [0.1, 0.15) is 22.8 Å². The Bertz CT molecular complexity index is 1050. The van der Waals surface area contributed by atoms with Gasteiger partial charge in [-0.05, 0) is 51.2 Å². The lowest BCUT2D eigenvalue weighted by molar-refractivity contribution is -0.154. The van der Waals surface area contributed by atoms with Gasteiger partial charge in [0.15, 0.2) is 0 Å². The largest absolute Gasteiger partial charge is 0.461 e. The van der Waals surface area contributed by atoms with E-state index < -0.39 is 6.04 Å². The number of thiophene rings is 1. The molecule has 6 heteroatoms. The molecule has 1 unspecified atom stereocenters. The van der Waals surface area contributed by atoms with E-state index in [4.69, 9.17) is 4.74 Å². The molecule has 1 saturated carbocycles. The van der Waals surface area contributed by atoms with Crippen LogP contribution in [0.15, 0.2) is 41.2 Å². The van der Waals surface area contributed by atoms with Crippen molar-refractivity contribution < 1.29 is 9.53 Å². The molecule has 5 nitrogen and oxygen atoms in total. The molecular weight excluding hydrogens is 372 g/mol. The van der Waals surface area contributed by atoms with Gasteiger partial charge in [-0.2, -0.15) is 0 Å². The third kappa shape index (κ3) is 3.61. The Kier molecular flexibility index (Phi) is 5.31. The Hall–Kier alpha value is -2.47. The third-order valence-corrected chi connectivity index (χ3v) is 6.47. The first-order valence-corrected chi connectivity index (χ1v) is 10.6. The highest BCUT2D eigenvalue weighted by atomic mass is 32.1. The van der Waals surface area contributed by atoms with Crippen LogP contribution in [0, 0.1) is 6.92 Å². The van der Waals surface area contributed by atoms with Gasteiger partial charge in [0.2, 0.25) is 0 Å². The van der Waals surface area contributed by atoms with Crippen molar-refractivity contribution >= 4 is 27.5 Å². The second kappa shape index (κ2) is 7.87. The Labute approximate surface area is 168 Å². The molecule has 2 heterocycles. The molecular formula is C22H24N2O3S. The van der Waals surface area contributed by atoms with Crippen LogP contribution < -0.4 is 5.56 Å². The zero-order chi connectivity index (χ0) is 19.7. The lowest BCUT2D eigenvalue weighted by Crippen LogP contribution is -2.33. The van der Waals surface area contributed by atoms with Gasteiger partial charge in [-0.1, -0.05) is 36.8 Å². The molecule has 1 aliphatic carbocycles. The van der Waals surface area contributed by atoms with Crippen LogP contribution in [-0.4, -0.2) is 21.6 Å². The highest BCUT2D eigenvalue weighted by molar-refractivity contribution is 7.21. The van der Waals surface area contributed by atoms with Gasteiger partial charge in [0.05, 0.1) is 5.39 Å². The number of fused-ring (bicyclic) bond motifs is 1. The zero-order valence-corrected chi connectivity index (χ0v) is 17.0. The summed E-state index contributed by atoms with van der Waals surface area (Å²) in [7, 11) is 0. The minimum Gasteiger partial charge on any atom is -0.461 e. The number of hydrogen-bond acceptors (Lipinski definition) is 5. The normalized spacial score (nSPS) is 16.2. The maximum Gasteiger partial charge on any atom is 0.329 e. The molecule has 4 rings (SSSR count). The molecule has 0 amide bonds. The fourth-order valence-corrected chi connectivity index (χ4v) is 4.92. The van der Waals surface area contributed by atoms with E-state index in [0.29, 0.717) is 16.0 Å². The predicted octanol–water partition coefficient (Wildman–Crippen LogP) is 4.87. The van der Waals surface area contributed by atoms with Gasteiger partial charge in [-0.3, -0.25) is 9.36 Å². The first-order chi connectivity index (χ1) is 13.5. The standard InChI is InChI=1S/C22H24N2O3S/c1-14(22(26)27-17-11-7-4-8-12-17)24-15(2)23-20-18(21(24)25)13-19(28-20)16-9-5-3-6-10-16/h3,5-6,9-10,13-14,17H,4,7-8,11-12H2,1-2H3. The van der Waals surface area contributed by atoms with E-state index in [-0.39, 0.29) is 17.6 Å². The summed E-state index contributed by atoms with van der Waals surface area (Å²) in [4.78, 5) is 32.1. The van der Waals surface area contributed by atoms with Gasteiger partial charge in [0, 0.05) is 4.88 Å². The van der Waals surface area contributed by atoms with Crippen LogP contribution in [0.25, 0.3) is 20.7 Å². The summed E-state index contributed by atoms with van der Waals surface area (Å²) in [5, 5.41) is 0.548. The fraction of sp³-hybridized carbons (Fsp3) is 0.409. The minimum absolute atomic E-state index is 0.0257. The minimum atomic E-state index is -0.689. The first-order valence-electron chi connectivity index (χ1n) is 9.83. The smallest absolute Gasteiger partial charge is 0.329 e. The van der Waals surface area contributed by atoms with E-state index in [2.05, 4.69) is 4.98 Å². The number of nitrogens with zero attached hydrogens (tertiary/aromatic N) is 2. The van der Waals surface area contributed by atoms with Gasteiger partial charge >= 0.3 is 5.97 Å². The van der Waals surface area contributed by atoms with Gasteiger partial charge in [-0.25, -0.2) is 9.78 Å². The Morgan fingerprint density at radius 2 is 1.93 bits per heavy atom. The number of ether oxygens (including phenoxy) is 1. The number of aromatic nitrogens is 2. The monoisotopic (exact) mass is 396 g/mol. The predicted molar refractivity (Wildman–Crippen MR) is 112 cm³/mol. The van der Waals surface area contributed by atoms with E-state index in [0.717, 1.165) is 36.1 Å². The van der Waals surface area contributed by atoms with Crippen LogP contribution in [0.3, 0.4) is 0 Å². The average molecular weight is 397 g/mol. The summed E-state index contributed by atoms with van der Waals surface area (Å²) in [6.45, 7) is 3.49. The summed E-state index contributed by atoms with van der Waals surface area (Å²) in [6, 6.07) is 11.1. The van der Waals surface area contributed by atoms with Gasteiger partial charge in [-0.15, -0.1) is 11.3 Å². The molecule has 0 bridgehead atoms. The number of carbonyl (C=O) groups is 1. The van der Waals surface area contributed by atoms with E-state index in [1.54, 1.807) is 13.8 Å². The van der Waals surface area contributed by atoms with E-state index in [9.17, 15) is 9.59 Å². The second-order valence-corrected chi connectivity index (χ2v) is 8.43. The molecule has 0 aliphatic heterocycles. The molecule has 28 heavy (non-hydrogen) atoms. The first kappa shape index (κ1) is 18.9. The fourth-order valence-electron chi connectivity index (χ4n) is 3.85. The molecule has 0 spiro atoms. The van der Waals surface area contributed by atoms with Crippen LogP contribution in [0.4, 0.5) is 0 Å². The van der Waals surface area contributed by atoms with Crippen molar-refractivity contribution in [2.24, 2.45) is 0 Å². The van der Waals surface area contributed by atoms with Crippen molar-refractivity contribution in [1.82, 2.24) is 9.55 Å². The second-order valence-electron chi connectivity index (χ2n) is 7.40. The molecule has 0 radical (unpaired) electrons. The van der Waals surface area contributed by atoms with Crippen molar-refractivity contribution in [2.45, 2.75) is 58.1 Å². The molecule has 146 valence electrons. The summed E-state index contributed by atoms with van der Waals surface area (Å²) in [6.07, 6.45) is 5.18. The highest BCUT2D eigenvalue weighted by Gasteiger charge is 2.26. The summed E-state index contributed by atoms with van der Waals surface area (Å²) < 4.78 is 7.15. The molecule has 3 aromatic rings. The van der Waals surface area contributed by atoms with Crippen molar-refractivity contribution in [3.63, 3.8) is 0 Å². The molecule has 1 atom stereocenters. The third-order valence-electron chi connectivity index (χ3n) is 5.40. The molecule has 0 N–H and O–H groups in total. The Morgan fingerprint density at radius 3 is 2.64 bits per heavy atom. The Balaban J connectivity index is 1.66. The van der Waals surface area contributed by atoms with Crippen LogP contribution in [0.5, 0.6) is 0 Å². The van der Waals surface area contributed by atoms with E-state index in [1.165, 1.54) is 22.3 Å². The number of esters is 1. The lowest BCUT2D eigenvalue weighted by atomic mass is 9.98. The quantitative estimate of drug-likeness (QED) is 0.590. The summed E-state index contributed by atoms with van der Waals surface area (Å²) in [5.74, 6) is 0.184. The van der Waals surface area contributed by atoms with E-state index >= 15 is 0 Å². The van der Waals surface area contributed by atoms with Crippen molar-refractivity contribution in [1.29, 1.82) is 0 Å². The maximum atomic E-state index is 13.2. The van der Waals surface area contributed by atoms with Crippen LogP contribution in [-0.2, 0) is 9.53 Å². The molecule has 0 saturated heterocycles. The Morgan fingerprint density at radius 1 is 1.21 bits per heavy atom. The van der Waals surface area contributed by atoms with Crippen LogP contribution >= 0.6 is 11.3 Å². The van der Waals surface area contributed by atoms with Gasteiger partial charge in [0.25, 0.3) is 5.56 Å². The number of aryl methyl sites for hydroxylation is 1. The summed E-state index contributed by atoms with van der Waals surface area (Å²) >= 11 is 1.50. The van der Waals surface area contributed by atoms with Crippen LogP contribution in [0.2, 0.25) is 0 Å². The summed E-state index contributed by atoms with van der Waals surface area (Å²) in [5.41, 5.74) is 0.868. The molecule has 1 fully saturated rings. The van der Waals surface area contributed by atoms with Gasteiger partial charge < -0.3 is 4.74 Å². The number of benzene rings is 1. The SMILES string of the molecule is Cc1nc2sc(-c3ccccc3)cc2c(=O)n1C(C)C(=O)OC1CCCCC1. The topological polar surface area (TPSA) is 61.2 Å². The van der Waals surface area contributed by atoms with Crippen molar-refractivity contribution in [2.75, 3.05) is 0 Å². The molecule has 2 aromatic heterocycles. The number of carbonyl (C=O) groups excluding carboxylic acids is 1. The van der Waals surface area contributed by atoms with Crippen molar-refractivity contribution in [3.8, 4) is 10.4 Å². The zero-order valence-electron chi connectivity index (χ0n) is 16.2. The van der Waals surface area contributed by atoms with Crippen LogP contribution in [0.1, 0.15) is 50.9 Å². The number of rotatable bonds is 4. The molecule has 1 aliphatic rings. The van der Waals surface area contributed by atoms with E-state index in [1.807, 2.05) is 36.4 Å². The molecule has 1 aromatic carbocycles. The highest BCUT2D eigenvalue weighted by Crippen LogP contribution is 2.31. The number of hydrogen-bond donors (Lipinski definition) is 0. The lowest BCUT2D eigenvalue weighted by Gasteiger charge is -2.24. The maximum absolute atomic E-state index is 13.2. The average Bonchev–Trinajstić information content (AvgIpc) is 3.13.